The minimum absolute atomic E-state index is 0.350. The Kier molecular flexibility index (Phi) is 2.80. The molecule has 0 aliphatic rings. The van der Waals surface area contributed by atoms with Crippen molar-refractivity contribution in [1.82, 2.24) is 0 Å². The van der Waals surface area contributed by atoms with Crippen LogP contribution >= 0.6 is 0 Å². The maximum absolute atomic E-state index is 11.6. The third kappa shape index (κ3) is 2.10. The summed E-state index contributed by atoms with van der Waals surface area (Å²) in [5.74, 6) is 0.759. The number of methoxy groups -OCH3 is 1. The molecule has 0 amide bonds. The van der Waals surface area contributed by atoms with Crippen LogP contribution in [0.3, 0.4) is 0 Å². The Morgan fingerprint density at radius 1 is 1.00 bits per heavy atom. The fourth-order valence-electron chi connectivity index (χ4n) is 2.14. The summed E-state index contributed by atoms with van der Waals surface area (Å²) in [4.78, 5) is 11.6. The van der Waals surface area contributed by atoms with Gasteiger partial charge in [-0.2, -0.15) is 0 Å². The largest absolute Gasteiger partial charge is 0.497 e. The van der Waals surface area contributed by atoms with Crippen molar-refractivity contribution in [3.8, 4) is 16.9 Å². The second kappa shape index (κ2) is 4.61. The van der Waals surface area contributed by atoms with E-state index in [-0.39, 0.29) is 5.63 Å². The molecule has 0 unspecified atom stereocenters. The molecule has 0 aliphatic carbocycles. The lowest BCUT2D eigenvalue weighted by Crippen LogP contribution is -1.98. The molecule has 0 aliphatic heterocycles. The highest BCUT2D eigenvalue weighted by atomic mass is 16.5. The van der Waals surface area contributed by atoms with Crippen molar-refractivity contribution in [1.29, 1.82) is 0 Å². The highest BCUT2D eigenvalue weighted by molar-refractivity contribution is 5.93. The van der Waals surface area contributed by atoms with E-state index in [1.54, 1.807) is 13.2 Å². The smallest absolute Gasteiger partial charge is 0.336 e. The summed E-state index contributed by atoms with van der Waals surface area (Å²) in [5, 5.41) is 0.912. The molecular formula is C16H12O3. The number of rotatable bonds is 2. The first-order valence-electron chi connectivity index (χ1n) is 5.95. The van der Waals surface area contributed by atoms with Crippen molar-refractivity contribution >= 4 is 11.0 Å². The lowest BCUT2D eigenvalue weighted by molar-refractivity contribution is 0.415. The number of hydrogen-bond acceptors (Lipinski definition) is 3. The molecule has 0 saturated heterocycles. The van der Waals surface area contributed by atoms with Gasteiger partial charge in [0.2, 0.25) is 0 Å². The zero-order valence-electron chi connectivity index (χ0n) is 10.4. The first-order chi connectivity index (χ1) is 9.28. The minimum Gasteiger partial charge on any atom is -0.497 e. The summed E-state index contributed by atoms with van der Waals surface area (Å²) in [6.45, 7) is 0. The van der Waals surface area contributed by atoms with Gasteiger partial charge in [-0.3, -0.25) is 0 Å². The Labute approximate surface area is 110 Å². The van der Waals surface area contributed by atoms with E-state index in [4.69, 9.17) is 9.15 Å². The summed E-state index contributed by atoms with van der Waals surface area (Å²) in [5.41, 5.74) is 2.03. The second-order valence-electron chi connectivity index (χ2n) is 4.21. The van der Waals surface area contributed by atoms with Crippen LogP contribution in [0.5, 0.6) is 5.75 Å². The van der Waals surface area contributed by atoms with E-state index in [1.165, 1.54) is 6.07 Å². The number of fused-ring (bicyclic) bond motifs is 1. The van der Waals surface area contributed by atoms with Crippen molar-refractivity contribution in [3.63, 3.8) is 0 Å². The van der Waals surface area contributed by atoms with Crippen molar-refractivity contribution in [2.24, 2.45) is 0 Å². The fourth-order valence-corrected chi connectivity index (χ4v) is 2.14. The van der Waals surface area contributed by atoms with Crippen LogP contribution in [0.25, 0.3) is 22.1 Å². The van der Waals surface area contributed by atoms with E-state index in [9.17, 15) is 4.79 Å². The second-order valence-corrected chi connectivity index (χ2v) is 4.21. The molecule has 94 valence electrons. The summed E-state index contributed by atoms with van der Waals surface area (Å²) in [7, 11) is 1.62. The normalized spacial score (nSPS) is 10.6. The van der Waals surface area contributed by atoms with Gasteiger partial charge in [-0.15, -0.1) is 0 Å². The molecule has 19 heavy (non-hydrogen) atoms. The molecule has 0 radical (unpaired) electrons. The maximum Gasteiger partial charge on any atom is 0.336 e. The van der Waals surface area contributed by atoms with Crippen LogP contribution in [-0.2, 0) is 0 Å². The molecule has 0 spiro atoms. The molecule has 1 heterocycles. The molecule has 0 fully saturated rings. The number of hydrogen-bond donors (Lipinski definition) is 0. The summed E-state index contributed by atoms with van der Waals surface area (Å²) in [6, 6.07) is 16.6. The zero-order chi connectivity index (χ0) is 13.2. The topological polar surface area (TPSA) is 39.4 Å². The lowest BCUT2D eigenvalue weighted by Gasteiger charge is -2.07. The molecule has 1 aromatic heterocycles. The van der Waals surface area contributed by atoms with Crippen LogP contribution in [0.2, 0.25) is 0 Å². The predicted octanol–water partition coefficient (Wildman–Crippen LogP) is 3.47. The average Bonchev–Trinajstić information content (AvgIpc) is 2.46. The maximum atomic E-state index is 11.6. The average molecular weight is 252 g/mol. The van der Waals surface area contributed by atoms with Crippen LogP contribution < -0.4 is 10.4 Å². The van der Waals surface area contributed by atoms with E-state index in [0.717, 1.165) is 22.3 Å². The number of para-hydroxylation sites is 1. The third-order valence-corrected chi connectivity index (χ3v) is 3.03. The fraction of sp³-hybridized carbons (Fsp3) is 0.0625. The van der Waals surface area contributed by atoms with Crippen LogP contribution in [0.4, 0.5) is 0 Å². The lowest BCUT2D eigenvalue weighted by atomic mass is 10.0. The summed E-state index contributed by atoms with van der Waals surface area (Å²) >= 11 is 0. The van der Waals surface area contributed by atoms with Gasteiger partial charge >= 0.3 is 5.63 Å². The van der Waals surface area contributed by atoms with Crippen molar-refractivity contribution < 1.29 is 9.15 Å². The van der Waals surface area contributed by atoms with E-state index >= 15 is 0 Å². The van der Waals surface area contributed by atoms with Gasteiger partial charge in [-0.25, -0.2) is 4.79 Å². The molecule has 0 atom stereocenters. The van der Waals surface area contributed by atoms with Crippen LogP contribution in [0, 0.1) is 0 Å². The molecule has 2 aromatic carbocycles. The predicted molar refractivity (Wildman–Crippen MR) is 74.5 cm³/mol. The van der Waals surface area contributed by atoms with Gasteiger partial charge in [0.25, 0.3) is 0 Å². The Morgan fingerprint density at radius 2 is 1.84 bits per heavy atom. The van der Waals surface area contributed by atoms with Gasteiger partial charge in [0.05, 0.1) is 7.11 Å². The van der Waals surface area contributed by atoms with Crippen LogP contribution in [-0.4, -0.2) is 7.11 Å². The van der Waals surface area contributed by atoms with Crippen molar-refractivity contribution in [2.45, 2.75) is 0 Å². The Bertz CT molecular complexity index is 787. The van der Waals surface area contributed by atoms with E-state index in [2.05, 4.69) is 0 Å². The standard InChI is InChI=1S/C16H12O3/c1-18-12-6-4-5-11(9-12)14-10-16(17)19-15-8-3-2-7-13(14)15/h2-10H,1H3. The van der Waals surface area contributed by atoms with Gasteiger partial charge in [0.15, 0.2) is 0 Å². The van der Waals surface area contributed by atoms with Crippen LogP contribution in [0.1, 0.15) is 0 Å². The number of ether oxygens (including phenoxy) is 1. The van der Waals surface area contributed by atoms with E-state index in [1.807, 2.05) is 42.5 Å². The molecule has 3 rings (SSSR count). The monoisotopic (exact) mass is 252 g/mol. The first kappa shape index (κ1) is 11.5. The zero-order valence-corrected chi connectivity index (χ0v) is 10.4. The van der Waals surface area contributed by atoms with Crippen molar-refractivity contribution in [3.05, 3.63) is 65.0 Å². The first-order valence-corrected chi connectivity index (χ1v) is 5.95. The van der Waals surface area contributed by atoms with E-state index in [0.29, 0.717) is 5.58 Å². The molecule has 3 nitrogen and oxygen atoms in total. The van der Waals surface area contributed by atoms with Gasteiger partial charge in [-0.1, -0.05) is 30.3 Å². The van der Waals surface area contributed by atoms with Gasteiger partial charge in [0.1, 0.15) is 11.3 Å². The third-order valence-electron chi connectivity index (χ3n) is 3.03. The Hall–Kier alpha value is -2.55. The Balaban J connectivity index is 2.32. The quantitative estimate of drug-likeness (QED) is 0.655. The highest BCUT2D eigenvalue weighted by Crippen LogP contribution is 2.29. The highest BCUT2D eigenvalue weighted by Gasteiger charge is 2.07. The SMILES string of the molecule is COc1cccc(-c2cc(=O)oc3ccccc23)c1. The van der Waals surface area contributed by atoms with Gasteiger partial charge in [-0.05, 0) is 29.3 Å². The summed E-state index contributed by atoms with van der Waals surface area (Å²) < 4.78 is 10.4. The molecular weight excluding hydrogens is 240 g/mol. The van der Waals surface area contributed by atoms with E-state index < -0.39 is 0 Å². The molecule has 0 N–H and O–H groups in total. The molecule has 3 aromatic rings. The van der Waals surface area contributed by atoms with Gasteiger partial charge in [0, 0.05) is 11.5 Å². The number of benzene rings is 2. The molecule has 3 heteroatoms. The van der Waals surface area contributed by atoms with Crippen molar-refractivity contribution in [2.75, 3.05) is 7.11 Å². The summed E-state index contributed by atoms with van der Waals surface area (Å²) in [6.07, 6.45) is 0. The molecule has 0 saturated carbocycles. The molecule has 0 bridgehead atoms. The Morgan fingerprint density at radius 3 is 2.68 bits per heavy atom. The van der Waals surface area contributed by atoms with Gasteiger partial charge < -0.3 is 9.15 Å². The minimum atomic E-state index is -0.350. The van der Waals surface area contributed by atoms with Crippen LogP contribution in [0.15, 0.2) is 63.8 Å².